The van der Waals surface area contributed by atoms with Gasteiger partial charge in [-0.25, -0.2) is 4.39 Å². The third kappa shape index (κ3) is 3.19. The van der Waals surface area contributed by atoms with Crippen LogP contribution >= 0.6 is 11.6 Å². The third-order valence-electron chi connectivity index (χ3n) is 2.82. The van der Waals surface area contributed by atoms with Gasteiger partial charge in [0.1, 0.15) is 11.6 Å². The molecule has 0 amide bonds. The van der Waals surface area contributed by atoms with Crippen LogP contribution in [0, 0.1) is 17.1 Å². The molecule has 1 N–H and O–H groups in total. The van der Waals surface area contributed by atoms with Crippen molar-refractivity contribution in [3.8, 4) is 11.8 Å². The Hall–Kier alpha value is -2.25. The molecular weight excluding hydrogens is 279 g/mol. The van der Waals surface area contributed by atoms with Gasteiger partial charge in [-0.05, 0) is 29.8 Å². The van der Waals surface area contributed by atoms with Crippen LogP contribution in [0.1, 0.15) is 11.1 Å². The van der Waals surface area contributed by atoms with Crippen molar-refractivity contribution < 1.29 is 9.13 Å². The van der Waals surface area contributed by atoms with Gasteiger partial charge in [-0.1, -0.05) is 17.7 Å². The lowest BCUT2D eigenvalue weighted by Gasteiger charge is -2.12. The largest absolute Gasteiger partial charge is 0.495 e. The summed E-state index contributed by atoms with van der Waals surface area (Å²) in [4.78, 5) is 0. The predicted octanol–water partition coefficient (Wildman–Crippen LogP) is 3.97. The van der Waals surface area contributed by atoms with Crippen molar-refractivity contribution in [3.63, 3.8) is 0 Å². The van der Waals surface area contributed by atoms with Crippen molar-refractivity contribution in [1.82, 2.24) is 0 Å². The summed E-state index contributed by atoms with van der Waals surface area (Å²) >= 11 is 5.96. The van der Waals surface area contributed by atoms with E-state index in [0.717, 1.165) is 11.3 Å². The lowest BCUT2D eigenvalue weighted by Crippen LogP contribution is -2.02. The summed E-state index contributed by atoms with van der Waals surface area (Å²) in [6, 6.07) is 11.4. The number of ether oxygens (including phenoxy) is 1. The molecule has 0 aliphatic carbocycles. The first-order valence-corrected chi connectivity index (χ1v) is 6.28. The number of hydrogen-bond acceptors (Lipinski definition) is 3. The summed E-state index contributed by atoms with van der Waals surface area (Å²) in [5, 5.41) is 12.4. The fraction of sp³-hybridized carbons (Fsp3) is 0.133. The molecule has 5 heteroatoms. The van der Waals surface area contributed by atoms with Crippen molar-refractivity contribution >= 4 is 17.3 Å². The van der Waals surface area contributed by atoms with E-state index in [1.54, 1.807) is 24.3 Å². The lowest BCUT2D eigenvalue weighted by molar-refractivity contribution is 0.416. The van der Waals surface area contributed by atoms with Gasteiger partial charge in [0.05, 0.1) is 24.4 Å². The van der Waals surface area contributed by atoms with Crippen LogP contribution in [-0.2, 0) is 6.54 Å². The van der Waals surface area contributed by atoms with E-state index in [2.05, 4.69) is 5.32 Å². The molecule has 0 bridgehead atoms. The van der Waals surface area contributed by atoms with Crippen molar-refractivity contribution in [2.45, 2.75) is 6.54 Å². The Bertz CT molecular complexity index is 667. The molecule has 0 atom stereocenters. The minimum Gasteiger partial charge on any atom is -0.495 e. The van der Waals surface area contributed by atoms with Gasteiger partial charge in [-0.15, -0.1) is 0 Å². The summed E-state index contributed by atoms with van der Waals surface area (Å²) in [6.07, 6.45) is 0. The molecule has 0 spiro atoms. The molecule has 20 heavy (non-hydrogen) atoms. The van der Waals surface area contributed by atoms with Crippen molar-refractivity contribution in [1.29, 1.82) is 5.26 Å². The zero-order valence-electron chi connectivity index (χ0n) is 10.8. The highest BCUT2D eigenvalue weighted by molar-refractivity contribution is 6.31. The van der Waals surface area contributed by atoms with E-state index in [4.69, 9.17) is 21.6 Å². The molecule has 0 saturated carbocycles. The Morgan fingerprint density at radius 2 is 2.10 bits per heavy atom. The standard InChI is InChI=1S/C15H12ClFN2O/c1-20-15-6-10(8-18)2-5-14(15)19-9-11-3-4-12(17)7-13(11)16/h2-7,19H,9H2,1H3. The first-order chi connectivity index (χ1) is 9.63. The van der Waals surface area contributed by atoms with Gasteiger partial charge in [-0.3, -0.25) is 0 Å². The third-order valence-corrected chi connectivity index (χ3v) is 3.17. The second-order valence-corrected chi connectivity index (χ2v) is 4.52. The summed E-state index contributed by atoms with van der Waals surface area (Å²) < 4.78 is 18.2. The maximum atomic E-state index is 13.0. The van der Waals surface area contributed by atoms with Gasteiger partial charge in [-0.2, -0.15) is 5.26 Å². The van der Waals surface area contributed by atoms with Crippen molar-refractivity contribution in [3.05, 3.63) is 58.4 Å². The van der Waals surface area contributed by atoms with Crippen LogP contribution in [0.2, 0.25) is 5.02 Å². The average Bonchev–Trinajstić information content (AvgIpc) is 2.46. The maximum absolute atomic E-state index is 13.0. The molecule has 2 aromatic rings. The van der Waals surface area contributed by atoms with Gasteiger partial charge in [0, 0.05) is 17.6 Å². The molecule has 3 nitrogen and oxygen atoms in total. The number of nitriles is 1. The van der Waals surface area contributed by atoms with Crippen molar-refractivity contribution in [2.24, 2.45) is 0 Å². The van der Waals surface area contributed by atoms with Gasteiger partial charge in [0.25, 0.3) is 0 Å². The summed E-state index contributed by atoms with van der Waals surface area (Å²) in [5.41, 5.74) is 2.04. The highest BCUT2D eigenvalue weighted by Crippen LogP contribution is 2.27. The quantitative estimate of drug-likeness (QED) is 0.926. The number of anilines is 1. The fourth-order valence-electron chi connectivity index (χ4n) is 1.76. The molecule has 0 aromatic heterocycles. The van der Waals surface area contributed by atoms with Gasteiger partial charge < -0.3 is 10.1 Å². The van der Waals surface area contributed by atoms with Crippen LogP contribution in [0.3, 0.4) is 0 Å². The number of nitrogens with one attached hydrogen (secondary N) is 1. The average molecular weight is 291 g/mol. The number of halogens is 2. The molecule has 0 aliphatic rings. The molecule has 0 fully saturated rings. The van der Waals surface area contributed by atoms with E-state index >= 15 is 0 Å². The predicted molar refractivity (Wildman–Crippen MR) is 76.4 cm³/mol. The second kappa shape index (κ2) is 6.27. The van der Waals surface area contributed by atoms with E-state index in [1.807, 2.05) is 6.07 Å². The van der Waals surface area contributed by atoms with Gasteiger partial charge >= 0.3 is 0 Å². The van der Waals surface area contributed by atoms with Gasteiger partial charge in [0.15, 0.2) is 0 Å². The number of hydrogen-bond donors (Lipinski definition) is 1. The fourth-order valence-corrected chi connectivity index (χ4v) is 2.00. The number of nitrogens with zero attached hydrogens (tertiary/aromatic N) is 1. The van der Waals surface area contributed by atoms with Crippen LogP contribution < -0.4 is 10.1 Å². The highest BCUT2D eigenvalue weighted by atomic mass is 35.5. The van der Waals surface area contributed by atoms with E-state index < -0.39 is 0 Å². The van der Waals surface area contributed by atoms with E-state index in [1.165, 1.54) is 19.2 Å². The van der Waals surface area contributed by atoms with E-state index in [0.29, 0.717) is 22.9 Å². The number of benzene rings is 2. The minimum absolute atomic E-state index is 0.366. The molecule has 102 valence electrons. The molecule has 2 aromatic carbocycles. The smallest absolute Gasteiger partial charge is 0.143 e. The topological polar surface area (TPSA) is 45.0 Å². The maximum Gasteiger partial charge on any atom is 0.143 e. The Labute approximate surface area is 121 Å². The molecule has 0 radical (unpaired) electrons. The lowest BCUT2D eigenvalue weighted by atomic mass is 10.2. The molecular formula is C15H12ClFN2O. The molecule has 0 saturated heterocycles. The highest BCUT2D eigenvalue weighted by Gasteiger charge is 2.06. The Morgan fingerprint density at radius 1 is 1.30 bits per heavy atom. The second-order valence-electron chi connectivity index (χ2n) is 4.12. The Kier molecular flexibility index (Phi) is 4.44. The molecule has 0 unspecified atom stereocenters. The van der Waals surface area contributed by atoms with Gasteiger partial charge in [0.2, 0.25) is 0 Å². The Morgan fingerprint density at radius 3 is 2.75 bits per heavy atom. The summed E-state index contributed by atoms with van der Waals surface area (Å²) in [6.45, 7) is 0.432. The number of methoxy groups -OCH3 is 1. The van der Waals surface area contributed by atoms with Crippen LogP contribution in [-0.4, -0.2) is 7.11 Å². The van der Waals surface area contributed by atoms with Crippen molar-refractivity contribution in [2.75, 3.05) is 12.4 Å². The Balaban J connectivity index is 2.16. The van der Waals surface area contributed by atoms with Crippen LogP contribution in [0.25, 0.3) is 0 Å². The minimum atomic E-state index is -0.366. The normalized spacial score (nSPS) is 9.90. The SMILES string of the molecule is COc1cc(C#N)ccc1NCc1ccc(F)cc1Cl. The zero-order chi connectivity index (χ0) is 14.5. The monoisotopic (exact) mass is 290 g/mol. The summed E-state index contributed by atoms with van der Waals surface area (Å²) in [5.74, 6) is 0.206. The summed E-state index contributed by atoms with van der Waals surface area (Å²) in [7, 11) is 1.53. The van der Waals surface area contributed by atoms with E-state index in [-0.39, 0.29) is 5.82 Å². The first kappa shape index (κ1) is 14.2. The molecule has 0 heterocycles. The molecule has 0 aliphatic heterocycles. The van der Waals surface area contributed by atoms with Crippen LogP contribution in [0.4, 0.5) is 10.1 Å². The zero-order valence-corrected chi connectivity index (χ0v) is 11.5. The van der Waals surface area contributed by atoms with E-state index in [9.17, 15) is 4.39 Å². The number of rotatable bonds is 4. The molecule has 2 rings (SSSR count). The van der Waals surface area contributed by atoms with Crippen LogP contribution in [0.15, 0.2) is 36.4 Å². The van der Waals surface area contributed by atoms with Crippen LogP contribution in [0.5, 0.6) is 5.75 Å². The first-order valence-electron chi connectivity index (χ1n) is 5.90.